The first-order valence-corrected chi connectivity index (χ1v) is 13.3. The van der Waals surface area contributed by atoms with Crippen LogP contribution in [0.4, 0.5) is 11.5 Å². The molecule has 1 aliphatic carbocycles. The summed E-state index contributed by atoms with van der Waals surface area (Å²) in [4.78, 5) is 15.0. The minimum atomic E-state index is 0.418. The van der Waals surface area contributed by atoms with E-state index in [1.54, 1.807) is 0 Å². The highest BCUT2D eigenvalue weighted by molar-refractivity contribution is 5.78. The lowest BCUT2D eigenvalue weighted by molar-refractivity contribution is 0.532. The minimum Gasteiger partial charge on any atom is -0.352 e. The molecule has 1 atom stereocenters. The number of nitrogens with zero attached hydrogens (tertiary/aromatic N) is 4. The van der Waals surface area contributed by atoms with Gasteiger partial charge in [0.15, 0.2) is 11.6 Å². The van der Waals surface area contributed by atoms with Crippen molar-refractivity contribution in [3.05, 3.63) is 58.9 Å². The third-order valence-electron chi connectivity index (χ3n) is 7.44. The van der Waals surface area contributed by atoms with Gasteiger partial charge in [-0.15, -0.1) is 0 Å². The molecule has 4 nitrogen and oxygen atoms in total. The number of anilines is 2. The topological polar surface area (TPSA) is 32.3 Å². The maximum absolute atomic E-state index is 5.30. The summed E-state index contributed by atoms with van der Waals surface area (Å²) in [6.07, 6.45) is 12.6. The molecule has 0 amide bonds. The molecule has 2 aromatic rings. The van der Waals surface area contributed by atoms with Crippen LogP contribution in [0.15, 0.2) is 47.8 Å². The van der Waals surface area contributed by atoms with Crippen molar-refractivity contribution < 1.29 is 0 Å². The van der Waals surface area contributed by atoms with Crippen LogP contribution in [0.5, 0.6) is 0 Å². The maximum atomic E-state index is 5.30. The van der Waals surface area contributed by atoms with Gasteiger partial charge in [0.25, 0.3) is 0 Å². The smallest absolute Gasteiger partial charge is 0.162 e. The fourth-order valence-electron chi connectivity index (χ4n) is 5.59. The highest BCUT2D eigenvalue weighted by atomic mass is 15.4. The fourth-order valence-corrected chi connectivity index (χ4v) is 5.59. The Kier molecular flexibility index (Phi) is 7.45. The zero-order valence-corrected chi connectivity index (χ0v) is 22.2. The lowest BCUT2D eigenvalue weighted by Gasteiger charge is -2.30. The van der Waals surface area contributed by atoms with Gasteiger partial charge in [-0.1, -0.05) is 78.3 Å². The maximum Gasteiger partial charge on any atom is 0.162 e. The molecule has 0 N–H and O–H groups in total. The predicted octanol–water partition coefficient (Wildman–Crippen LogP) is 8.03. The van der Waals surface area contributed by atoms with E-state index < -0.39 is 0 Å². The summed E-state index contributed by atoms with van der Waals surface area (Å²) in [7, 11) is 2.16. The Hall–Kier alpha value is -2.62. The summed E-state index contributed by atoms with van der Waals surface area (Å²) in [6, 6.07) is 6.68. The second-order valence-electron chi connectivity index (χ2n) is 10.5. The van der Waals surface area contributed by atoms with Crippen LogP contribution in [0.2, 0.25) is 0 Å². The molecule has 2 aliphatic rings. The molecule has 1 aromatic heterocycles. The summed E-state index contributed by atoms with van der Waals surface area (Å²) in [6.45, 7) is 14.5. The third kappa shape index (κ3) is 4.52. The van der Waals surface area contributed by atoms with E-state index in [4.69, 9.17) is 9.97 Å². The average molecular weight is 459 g/mol. The number of fused-ring (bicyclic) bond motifs is 1. The summed E-state index contributed by atoms with van der Waals surface area (Å²) >= 11 is 0. The van der Waals surface area contributed by atoms with Crippen molar-refractivity contribution >= 4 is 11.5 Å². The van der Waals surface area contributed by atoms with Gasteiger partial charge in [0.2, 0.25) is 0 Å². The number of hydrogen-bond donors (Lipinski definition) is 0. The second-order valence-corrected chi connectivity index (χ2v) is 10.5. The summed E-state index contributed by atoms with van der Waals surface area (Å²) in [5.41, 5.74) is 7.99. The summed E-state index contributed by atoms with van der Waals surface area (Å²) < 4.78 is 0. The van der Waals surface area contributed by atoms with Crippen molar-refractivity contribution in [2.75, 3.05) is 23.5 Å². The quantitative estimate of drug-likeness (QED) is 0.401. The van der Waals surface area contributed by atoms with Crippen LogP contribution in [0, 0.1) is 5.92 Å². The van der Waals surface area contributed by atoms with Crippen molar-refractivity contribution in [3.8, 4) is 11.4 Å². The van der Waals surface area contributed by atoms with E-state index in [0.29, 0.717) is 17.8 Å². The van der Waals surface area contributed by atoms with Crippen LogP contribution >= 0.6 is 0 Å². The van der Waals surface area contributed by atoms with Gasteiger partial charge in [-0.25, -0.2) is 9.97 Å². The molecule has 0 saturated heterocycles. The zero-order valence-electron chi connectivity index (χ0n) is 22.2. The predicted molar refractivity (Wildman–Crippen MR) is 145 cm³/mol. The Bertz CT molecular complexity index is 1050. The van der Waals surface area contributed by atoms with Crippen molar-refractivity contribution in [2.24, 2.45) is 5.92 Å². The van der Waals surface area contributed by atoms with E-state index in [1.165, 1.54) is 47.2 Å². The van der Waals surface area contributed by atoms with Gasteiger partial charge in [0, 0.05) is 18.3 Å². The second kappa shape index (κ2) is 10.3. The number of hydrogen-bond acceptors (Lipinski definition) is 4. The standard InChI is InChI=1S/C30H42N4/c1-8-13-22(9-2)25-14-10-11-17-26(25)34-19-33(7)27-18-31-29(32-30(27)34)28-23(20(3)4)15-12-16-24(28)21(5)6/h10,12,14-16,18,20-22H,8-9,11,13,17,19H2,1-7H3. The highest BCUT2D eigenvalue weighted by Gasteiger charge is 2.32. The van der Waals surface area contributed by atoms with Gasteiger partial charge in [0.05, 0.1) is 12.9 Å². The Labute approximate surface area is 206 Å². The van der Waals surface area contributed by atoms with Crippen molar-refractivity contribution in [3.63, 3.8) is 0 Å². The van der Waals surface area contributed by atoms with E-state index in [-0.39, 0.29) is 0 Å². The first-order valence-electron chi connectivity index (χ1n) is 13.3. The van der Waals surface area contributed by atoms with E-state index in [1.807, 2.05) is 6.20 Å². The molecule has 2 heterocycles. The highest BCUT2D eigenvalue weighted by Crippen LogP contribution is 2.42. The lowest BCUT2D eigenvalue weighted by Crippen LogP contribution is -2.30. The number of rotatable bonds is 8. The minimum absolute atomic E-state index is 0.418. The lowest BCUT2D eigenvalue weighted by atomic mass is 9.86. The fraction of sp³-hybridized carbons (Fsp3) is 0.533. The average Bonchev–Trinajstić information content (AvgIpc) is 3.17. The Morgan fingerprint density at radius 3 is 2.35 bits per heavy atom. The van der Waals surface area contributed by atoms with Crippen LogP contribution in [-0.4, -0.2) is 23.7 Å². The molecule has 182 valence electrons. The van der Waals surface area contributed by atoms with Crippen LogP contribution in [0.3, 0.4) is 0 Å². The van der Waals surface area contributed by atoms with Gasteiger partial charge in [-0.2, -0.15) is 0 Å². The molecular weight excluding hydrogens is 416 g/mol. The molecule has 0 radical (unpaired) electrons. The zero-order chi connectivity index (χ0) is 24.4. The molecular formula is C30H42N4. The molecule has 4 rings (SSSR count). The van der Waals surface area contributed by atoms with Crippen LogP contribution in [-0.2, 0) is 0 Å². The summed E-state index contributed by atoms with van der Waals surface area (Å²) in [5.74, 6) is 3.38. The number of aromatic nitrogens is 2. The monoisotopic (exact) mass is 458 g/mol. The van der Waals surface area contributed by atoms with E-state index in [0.717, 1.165) is 36.8 Å². The van der Waals surface area contributed by atoms with E-state index in [2.05, 4.69) is 88.7 Å². The van der Waals surface area contributed by atoms with Crippen LogP contribution in [0.1, 0.15) is 96.6 Å². The van der Waals surface area contributed by atoms with Crippen LogP contribution in [0.25, 0.3) is 11.4 Å². The van der Waals surface area contributed by atoms with E-state index in [9.17, 15) is 0 Å². The van der Waals surface area contributed by atoms with Gasteiger partial charge < -0.3 is 9.80 Å². The summed E-state index contributed by atoms with van der Waals surface area (Å²) in [5, 5.41) is 0. The number of allylic oxidation sites excluding steroid dienone is 4. The Morgan fingerprint density at radius 2 is 1.74 bits per heavy atom. The first kappa shape index (κ1) is 24.5. The van der Waals surface area contributed by atoms with Crippen molar-refractivity contribution in [2.45, 2.75) is 85.5 Å². The molecule has 1 aromatic carbocycles. The molecule has 34 heavy (non-hydrogen) atoms. The van der Waals surface area contributed by atoms with E-state index >= 15 is 0 Å². The Balaban J connectivity index is 1.86. The number of benzene rings is 1. The van der Waals surface area contributed by atoms with Crippen molar-refractivity contribution in [1.29, 1.82) is 0 Å². The normalized spacial score (nSPS) is 16.7. The molecule has 1 unspecified atom stereocenters. The first-order chi connectivity index (χ1) is 16.4. The molecule has 0 spiro atoms. The SMILES string of the molecule is CCCC(CC)C1=C(N2CN(C)c3cnc(-c4c(C(C)C)cccc4C(C)C)nc32)CCC=C1. The largest absolute Gasteiger partial charge is 0.352 e. The van der Waals surface area contributed by atoms with Crippen molar-refractivity contribution in [1.82, 2.24) is 9.97 Å². The third-order valence-corrected chi connectivity index (χ3v) is 7.44. The van der Waals surface area contributed by atoms with Gasteiger partial charge in [0.1, 0.15) is 5.69 Å². The van der Waals surface area contributed by atoms with Gasteiger partial charge in [-0.05, 0) is 60.1 Å². The molecule has 0 saturated carbocycles. The molecule has 1 aliphatic heterocycles. The molecule has 0 bridgehead atoms. The molecule has 4 heteroatoms. The molecule has 0 fully saturated rings. The van der Waals surface area contributed by atoms with Crippen LogP contribution < -0.4 is 9.80 Å². The van der Waals surface area contributed by atoms with Gasteiger partial charge in [-0.3, -0.25) is 0 Å². The van der Waals surface area contributed by atoms with Gasteiger partial charge >= 0.3 is 0 Å². The Morgan fingerprint density at radius 1 is 1.03 bits per heavy atom.